The van der Waals surface area contributed by atoms with E-state index in [0.717, 1.165) is 38.5 Å². The van der Waals surface area contributed by atoms with E-state index in [1.165, 1.54) is 0 Å². The van der Waals surface area contributed by atoms with E-state index in [4.69, 9.17) is 10.5 Å². The van der Waals surface area contributed by atoms with Crippen LogP contribution in [0.4, 0.5) is 0 Å². The van der Waals surface area contributed by atoms with Crippen LogP contribution in [0.25, 0.3) is 0 Å². The van der Waals surface area contributed by atoms with Crippen molar-refractivity contribution in [1.82, 2.24) is 4.90 Å². The van der Waals surface area contributed by atoms with Gasteiger partial charge in [-0.05, 0) is 57.3 Å². The van der Waals surface area contributed by atoms with Gasteiger partial charge in [-0.1, -0.05) is 0 Å². The lowest BCUT2D eigenvalue weighted by molar-refractivity contribution is -0.159. The molecule has 21 heavy (non-hydrogen) atoms. The second-order valence-corrected chi connectivity index (χ2v) is 6.73. The lowest BCUT2D eigenvalue weighted by Crippen LogP contribution is -2.54. The van der Waals surface area contributed by atoms with Crippen molar-refractivity contribution in [2.75, 3.05) is 13.2 Å². The summed E-state index contributed by atoms with van der Waals surface area (Å²) >= 11 is 0. The van der Waals surface area contributed by atoms with Crippen molar-refractivity contribution in [2.24, 2.45) is 23.5 Å². The summed E-state index contributed by atoms with van der Waals surface area (Å²) in [5, 5.41) is 0. The van der Waals surface area contributed by atoms with Crippen LogP contribution < -0.4 is 5.73 Å². The summed E-state index contributed by atoms with van der Waals surface area (Å²) < 4.78 is 5.15. The number of rotatable bonds is 3. The largest absolute Gasteiger partial charge is 0.464 e. The van der Waals surface area contributed by atoms with Crippen LogP contribution in [-0.4, -0.2) is 42.0 Å². The Balaban J connectivity index is 1.74. The minimum atomic E-state index is -0.391. The first-order valence-corrected chi connectivity index (χ1v) is 8.36. The minimum Gasteiger partial charge on any atom is -0.464 e. The van der Waals surface area contributed by atoms with Crippen LogP contribution >= 0.6 is 0 Å². The highest BCUT2D eigenvalue weighted by molar-refractivity contribution is 5.87. The highest BCUT2D eigenvalue weighted by Gasteiger charge is 2.51. The first-order valence-electron chi connectivity index (χ1n) is 8.36. The number of likely N-dealkylation sites (tertiary alicyclic amines) is 1. The van der Waals surface area contributed by atoms with E-state index in [9.17, 15) is 9.59 Å². The SMILES string of the molecule is CCOC(=O)C1CCCCN1C(=O)C1C2CCC(C2)C1N. The number of hydrogen-bond acceptors (Lipinski definition) is 4. The molecule has 1 saturated heterocycles. The van der Waals surface area contributed by atoms with E-state index in [-0.39, 0.29) is 23.8 Å². The molecule has 5 nitrogen and oxygen atoms in total. The van der Waals surface area contributed by atoms with Crippen LogP contribution in [0, 0.1) is 17.8 Å². The third kappa shape index (κ3) is 2.56. The van der Waals surface area contributed by atoms with Gasteiger partial charge in [0, 0.05) is 12.6 Å². The Hall–Kier alpha value is -1.10. The number of piperidine rings is 1. The van der Waals surface area contributed by atoms with E-state index in [0.29, 0.717) is 25.0 Å². The molecule has 5 atom stereocenters. The number of hydrogen-bond donors (Lipinski definition) is 1. The third-order valence-corrected chi connectivity index (χ3v) is 5.61. The molecule has 0 aromatic heterocycles. The lowest BCUT2D eigenvalue weighted by Gasteiger charge is -2.38. The predicted molar refractivity (Wildman–Crippen MR) is 78.3 cm³/mol. The molecule has 2 N–H and O–H groups in total. The zero-order valence-electron chi connectivity index (χ0n) is 12.8. The lowest BCUT2D eigenvalue weighted by atomic mass is 9.83. The van der Waals surface area contributed by atoms with Gasteiger partial charge in [0.2, 0.25) is 5.91 Å². The molecule has 1 amide bonds. The number of carbonyl (C=O) groups is 2. The maximum absolute atomic E-state index is 13.0. The van der Waals surface area contributed by atoms with Crippen molar-refractivity contribution in [1.29, 1.82) is 0 Å². The van der Waals surface area contributed by atoms with Gasteiger partial charge in [-0.25, -0.2) is 4.79 Å². The molecule has 0 spiro atoms. The summed E-state index contributed by atoms with van der Waals surface area (Å²) in [4.78, 5) is 26.9. The number of nitrogens with two attached hydrogens (primary N) is 1. The topological polar surface area (TPSA) is 72.6 Å². The van der Waals surface area contributed by atoms with Gasteiger partial charge in [0.05, 0.1) is 12.5 Å². The average molecular weight is 294 g/mol. The first-order chi connectivity index (χ1) is 10.1. The smallest absolute Gasteiger partial charge is 0.328 e. The summed E-state index contributed by atoms with van der Waals surface area (Å²) in [5.74, 6) is 0.727. The molecule has 5 heteroatoms. The number of esters is 1. The number of carbonyl (C=O) groups excluding carboxylic acids is 2. The maximum atomic E-state index is 13.0. The van der Waals surface area contributed by atoms with Gasteiger partial charge < -0.3 is 15.4 Å². The fraction of sp³-hybridized carbons (Fsp3) is 0.875. The average Bonchev–Trinajstić information content (AvgIpc) is 3.08. The second-order valence-electron chi connectivity index (χ2n) is 6.73. The Morgan fingerprint density at radius 3 is 2.62 bits per heavy atom. The van der Waals surface area contributed by atoms with Gasteiger partial charge >= 0.3 is 5.97 Å². The Bertz CT molecular complexity index is 424. The summed E-state index contributed by atoms with van der Waals surface area (Å²) in [6.07, 6.45) is 6.05. The molecule has 2 saturated carbocycles. The molecule has 0 aromatic rings. The molecule has 0 aromatic carbocycles. The van der Waals surface area contributed by atoms with Crippen LogP contribution in [0.1, 0.15) is 45.4 Å². The number of fused-ring (bicyclic) bond motifs is 2. The molecule has 0 radical (unpaired) electrons. The zero-order chi connectivity index (χ0) is 15.0. The van der Waals surface area contributed by atoms with E-state index in [1.54, 1.807) is 11.8 Å². The summed E-state index contributed by atoms with van der Waals surface area (Å²) in [6, 6.07) is -0.404. The Labute approximate surface area is 126 Å². The van der Waals surface area contributed by atoms with Crippen molar-refractivity contribution in [3.63, 3.8) is 0 Å². The van der Waals surface area contributed by atoms with E-state index < -0.39 is 6.04 Å². The molecule has 3 fully saturated rings. The highest BCUT2D eigenvalue weighted by Crippen LogP contribution is 2.48. The molecule has 3 aliphatic rings. The summed E-state index contributed by atoms with van der Waals surface area (Å²) in [5.41, 5.74) is 6.29. The van der Waals surface area contributed by atoms with Crippen molar-refractivity contribution in [2.45, 2.75) is 57.5 Å². The normalized spacial score (nSPS) is 38.6. The molecule has 1 heterocycles. The Morgan fingerprint density at radius 1 is 1.19 bits per heavy atom. The summed E-state index contributed by atoms with van der Waals surface area (Å²) in [7, 11) is 0. The number of ether oxygens (including phenoxy) is 1. The van der Waals surface area contributed by atoms with Crippen molar-refractivity contribution < 1.29 is 14.3 Å². The van der Waals surface area contributed by atoms with Gasteiger partial charge in [0.25, 0.3) is 0 Å². The molecular weight excluding hydrogens is 268 g/mol. The monoisotopic (exact) mass is 294 g/mol. The van der Waals surface area contributed by atoms with Gasteiger partial charge in [0.1, 0.15) is 6.04 Å². The molecule has 2 bridgehead atoms. The van der Waals surface area contributed by atoms with Crippen molar-refractivity contribution in [3.05, 3.63) is 0 Å². The highest BCUT2D eigenvalue weighted by atomic mass is 16.5. The molecule has 118 valence electrons. The fourth-order valence-electron chi connectivity index (χ4n) is 4.57. The first kappa shape index (κ1) is 14.8. The van der Waals surface area contributed by atoms with Gasteiger partial charge in [0.15, 0.2) is 0 Å². The maximum Gasteiger partial charge on any atom is 0.328 e. The molecule has 1 aliphatic heterocycles. The van der Waals surface area contributed by atoms with Crippen LogP contribution in [-0.2, 0) is 14.3 Å². The van der Waals surface area contributed by atoms with Gasteiger partial charge in [-0.2, -0.15) is 0 Å². The second kappa shape index (κ2) is 5.95. The molecule has 5 unspecified atom stereocenters. The Kier molecular flexibility index (Phi) is 4.20. The quantitative estimate of drug-likeness (QED) is 0.796. The standard InChI is InChI=1S/C16H26N2O3/c1-2-21-16(20)12-5-3-4-8-18(12)15(19)13-10-6-7-11(9-10)14(13)17/h10-14H,2-9,17H2,1H3. The van der Waals surface area contributed by atoms with Crippen LogP contribution in [0.15, 0.2) is 0 Å². The van der Waals surface area contributed by atoms with Crippen LogP contribution in [0.2, 0.25) is 0 Å². The van der Waals surface area contributed by atoms with E-state index in [2.05, 4.69) is 0 Å². The van der Waals surface area contributed by atoms with E-state index in [1.807, 2.05) is 0 Å². The minimum absolute atomic E-state index is 0.0129. The zero-order valence-corrected chi connectivity index (χ0v) is 12.8. The van der Waals surface area contributed by atoms with E-state index >= 15 is 0 Å². The molecular formula is C16H26N2O3. The van der Waals surface area contributed by atoms with Crippen molar-refractivity contribution in [3.8, 4) is 0 Å². The van der Waals surface area contributed by atoms with Gasteiger partial charge in [-0.15, -0.1) is 0 Å². The number of nitrogens with zero attached hydrogens (tertiary/aromatic N) is 1. The van der Waals surface area contributed by atoms with Gasteiger partial charge in [-0.3, -0.25) is 4.79 Å². The number of amides is 1. The predicted octanol–water partition coefficient (Wildman–Crippen LogP) is 1.30. The van der Waals surface area contributed by atoms with Crippen LogP contribution in [0.3, 0.4) is 0 Å². The molecule has 3 rings (SSSR count). The van der Waals surface area contributed by atoms with Crippen molar-refractivity contribution >= 4 is 11.9 Å². The third-order valence-electron chi connectivity index (χ3n) is 5.61. The van der Waals surface area contributed by atoms with Crippen LogP contribution in [0.5, 0.6) is 0 Å². The fourth-order valence-corrected chi connectivity index (χ4v) is 4.57. The summed E-state index contributed by atoms with van der Waals surface area (Å²) in [6.45, 7) is 2.84. The Morgan fingerprint density at radius 2 is 1.95 bits per heavy atom. The molecule has 2 aliphatic carbocycles.